The third-order valence-electron chi connectivity index (χ3n) is 3.26. The van der Waals surface area contributed by atoms with Crippen LogP contribution < -0.4 is 5.32 Å². The highest BCUT2D eigenvalue weighted by molar-refractivity contribution is 5.95. The number of unbranched alkanes of at least 4 members (excludes halogenated alkanes) is 2. The Morgan fingerprint density at radius 3 is 2.46 bits per heavy atom. The second-order valence-electron chi connectivity index (χ2n) is 5.32. The van der Waals surface area contributed by atoms with E-state index in [1.54, 1.807) is 6.92 Å². The summed E-state index contributed by atoms with van der Waals surface area (Å²) in [6.07, 6.45) is 2.01. The summed E-state index contributed by atoms with van der Waals surface area (Å²) >= 11 is 0. The molecule has 0 bridgehead atoms. The fraction of sp³-hybridized carbons (Fsp3) is 0.500. The SMILES string of the molecule is CCOC(=O)CC(=O)CCCCCNC(=O)OCc1ccccc1. The van der Waals surface area contributed by atoms with Crippen molar-refractivity contribution in [2.75, 3.05) is 13.2 Å². The van der Waals surface area contributed by atoms with E-state index in [4.69, 9.17) is 9.47 Å². The maximum Gasteiger partial charge on any atom is 0.407 e. The number of amides is 1. The highest BCUT2D eigenvalue weighted by Crippen LogP contribution is 2.04. The van der Waals surface area contributed by atoms with E-state index in [0.29, 0.717) is 19.4 Å². The Hall–Kier alpha value is -2.37. The highest BCUT2D eigenvalue weighted by Gasteiger charge is 2.09. The van der Waals surface area contributed by atoms with Gasteiger partial charge in [-0.3, -0.25) is 9.59 Å². The molecule has 0 aliphatic rings. The smallest absolute Gasteiger partial charge is 0.407 e. The van der Waals surface area contributed by atoms with Crippen molar-refractivity contribution in [2.45, 2.75) is 45.6 Å². The van der Waals surface area contributed by atoms with Gasteiger partial charge in [0.25, 0.3) is 0 Å². The second kappa shape index (κ2) is 12.1. The molecule has 0 atom stereocenters. The largest absolute Gasteiger partial charge is 0.466 e. The predicted molar refractivity (Wildman–Crippen MR) is 89.4 cm³/mol. The van der Waals surface area contributed by atoms with Crippen LogP contribution in [0.3, 0.4) is 0 Å². The Morgan fingerprint density at radius 2 is 1.75 bits per heavy atom. The van der Waals surface area contributed by atoms with Crippen LogP contribution in [-0.4, -0.2) is 31.0 Å². The van der Waals surface area contributed by atoms with Gasteiger partial charge in [0.15, 0.2) is 0 Å². The summed E-state index contributed by atoms with van der Waals surface area (Å²) in [6, 6.07) is 9.46. The molecule has 0 heterocycles. The van der Waals surface area contributed by atoms with Crippen molar-refractivity contribution in [2.24, 2.45) is 0 Å². The van der Waals surface area contributed by atoms with Crippen LogP contribution in [0.5, 0.6) is 0 Å². The number of carbonyl (C=O) groups excluding carboxylic acids is 3. The van der Waals surface area contributed by atoms with Gasteiger partial charge in [-0.05, 0) is 25.3 Å². The van der Waals surface area contributed by atoms with Gasteiger partial charge in [-0.25, -0.2) is 4.79 Å². The minimum atomic E-state index is -0.467. The van der Waals surface area contributed by atoms with Crippen LogP contribution in [0.4, 0.5) is 4.79 Å². The maximum absolute atomic E-state index is 11.5. The molecule has 0 aliphatic heterocycles. The number of nitrogens with one attached hydrogen (secondary N) is 1. The van der Waals surface area contributed by atoms with Crippen LogP contribution in [-0.2, 0) is 25.7 Å². The van der Waals surface area contributed by atoms with Crippen LogP contribution in [0.1, 0.15) is 44.6 Å². The van der Waals surface area contributed by atoms with Crippen LogP contribution in [0.15, 0.2) is 30.3 Å². The topological polar surface area (TPSA) is 81.7 Å². The van der Waals surface area contributed by atoms with Crippen molar-refractivity contribution < 1.29 is 23.9 Å². The van der Waals surface area contributed by atoms with Gasteiger partial charge >= 0.3 is 12.1 Å². The molecule has 0 aliphatic carbocycles. The number of hydrogen-bond donors (Lipinski definition) is 1. The number of alkyl carbamates (subject to hydrolysis) is 1. The Balaban J connectivity index is 1.98. The molecule has 0 fully saturated rings. The third-order valence-corrected chi connectivity index (χ3v) is 3.26. The van der Waals surface area contributed by atoms with Crippen LogP contribution >= 0.6 is 0 Å². The zero-order valence-electron chi connectivity index (χ0n) is 14.1. The molecule has 6 heteroatoms. The quantitative estimate of drug-likeness (QED) is 0.382. The zero-order valence-corrected chi connectivity index (χ0v) is 14.1. The summed E-state index contributed by atoms with van der Waals surface area (Å²) in [5.74, 6) is -0.575. The molecule has 1 aromatic carbocycles. The Bertz CT molecular complexity index is 515. The molecular formula is C18H25NO5. The monoisotopic (exact) mass is 335 g/mol. The fourth-order valence-electron chi connectivity index (χ4n) is 2.05. The molecule has 0 unspecified atom stereocenters. The van der Waals surface area contributed by atoms with Crippen LogP contribution in [0.2, 0.25) is 0 Å². The van der Waals surface area contributed by atoms with Gasteiger partial charge in [0.1, 0.15) is 18.8 Å². The molecule has 24 heavy (non-hydrogen) atoms. The summed E-state index contributed by atoms with van der Waals surface area (Å²) in [5, 5.41) is 2.67. The number of ether oxygens (including phenoxy) is 2. The Morgan fingerprint density at radius 1 is 1.00 bits per heavy atom. The summed E-state index contributed by atoms with van der Waals surface area (Å²) < 4.78 is 9.80. The average molecular weight is 335 g/mol. The van der Waals surface area contributed by atoms with Crippen molar-refractivity contribution in [3.63, 3.8) is 0 Å². The number of esters is 1. The molecule has 1 N–H and O–H groups in total. The second-order valence-corrected chi connectivity index (χ2v) is 5.32. The van der Waals surface area contributed by atoms with Crippen molar-refractivity contribution in [1.29, 1.82) is 0 Å². The first kappa shape index (κ1) is 19.7. The molecule has 1 aromatic rings. The van der Waals surface area contributed by atoms with Gasteiger partial charge in [0, 0.05) is 13.0 Å². The first-order chi connectivity index (χ1) is 11.6. The third kappa shape index (κ3) is 9.61. The minimum absolute atomic E-state index is 0.108. The summed E-state index contributed by atoms with van der Waals surface area (Å²) in [7, 11) is 0. The Labute approximate surface area is 142 Å². The van der Waals surface area contributed by atoms with E-state index in [1.807, 2.05) is 30.3 Å². The number of benzene rings is 1. The molecule has 132 valence electrons. The predicted octanol–water partition coefficient (Wildman–Crippen LogP) is 3.00. The summed E-state index contributed by atoms with van der Waals surface area (Å²) in [6.45, 7) is 2.74. The fourth-order valence-corrected chi connectivity index (χ4v) is 2.05. The zero-order chi connectivity index (χ0) is 17.6. The molecule has 1 rings (SSSR count). The normalized spacial score (nSPS) is 10.0. The van der Waals surface area contributed by atoms with E-state index in [2.05, 4.69) is 5.32 Å². The standard InChI is InChI=1S/C18H25NO5/c1-2-23-17(21)13-16(20)11-7-4-8-12-19-18(22)24-14-15-9-5-3-6-10-15/h3,5-6,9-10H,2,4,7-8,11-14H2,1H3,(H,19,22). The van der Waals surface area contributed by atoms with Gasteiger partial charge in [0.2, 0.25) is 0 Å². The summed E-state index contributed by atoms with van der Waals surface area (Å²) in [4.78, 5) is 34.1. The minimum Gasteiger partial charge on any atom is -0.466 e. The molecule has 1 amide bonds. The van der Waals surface area contributed by atoms with E-state index < -0.39 is 12.1 Å². The van der Waals surface area contributed by atoms with Crippen molar-refractivity contribution in [3.8, 4) is 0 Å². The lowest BCUT2D eigenvalue weighted by molar-refractivity contribution is -0.145. The van der Waals surface area contributed by atoms with Crippen LogP contribution in [0, 0.1) is 0 Å². The number of hydrogen-bond acceptors (Lipinski definition) is 5. The van der Waals surface area contributed by atoms with Crippen molar-refractivity contribution in [1.82, 2.24) is 5.32 Å². The van der Waals surface area contributed by atoms with Gasteiger partial charge in [-0.2, -0.15) is 0 Å². The molecule has 0 aromatic heterocycles. The van der Waals surface area contributed by atoms with Crippen molar-refractivity contribution in [3.05, 3.63) is 35.9 Å². The molecule has 0 saturated carbocycles. The van der Waals surface area contributed by atoms with E-state index in [0.717, 1.165) is 18.4 Å². The van der Waals surface area contributed by atoms with E-state index in [-0.39, 0.29) is 25.4 Å². The Kier molecular flexibility index (Phi) is 9.92. The number of ketones is 1. The summed E-state index contributed by atoms with van der Waals surface area (Å²) in [5.41, 5.74) is 0.938. The number of carbonyl (C=O) groups is 3. The molecule has 0 spiro atoms. The lowest BCUT2D eigenvalue weighted by Crippen LogP contribution is -2.25. The first-order valence-corrected chi connectivity index (χ1v) is 8.23. The lowest BCUT2D eigenvalue weighted by atomic mass is 10.1. The molecule has 0 radical (unpaired) electrons. The highest BCUT2D eigenvalue weighted by atomic mass is 16.5. The first-order valence-electron chi connectivity index (χ1n) is 8.23. The maximum atomic E-state index is 11.5. The van der Waals surface area contributed by atoms with Crippen molar-refractivity contribution >= 4 is 17.8 Å². The molecule has 6 nitrogen and oxygen atoms in total. The number of rotatable bonds is 11. The van der Waals surface area contributed by atoms with Gasteiger partial charge in [0.05, 0.1) is 6.61 Å². The lowest BCUT2D eigenvalue weighted by Gasteiger charge is -2.07. The molecule has 0 saturated heterocycles. The van der Waals surface area contributed by atoms with E-state index in [1.165, 1.54) is 0 Å². The number of Topliss-reactive ketones (excluding diaryl/α,β-unsaturated/α-hetero) is 1. The van der Waals surface area contributed by atoms with Gasteiger partial charge in [-0.1, -0.05) is 36.8 Å². The van der Waals surface area contributed by atoms with E-state index in [9.17, 15) is 14.4 Å². The average Bonchev–Trinajstić information content (AvgIpc) is 2.57. The van der Waals surface area contributed by atoms with E-state index >= 15 is 0 Å². The van der Waals surface area contributed by atoms with Crippen LogP contribution in [0.25, 0.3) is 0 Å². The molecular weight excluding hydrogens is 310 g/mol. The van der Waals surface area contributed by atoms with Gasteiger partial charge < -0.3 is 14.8 Å². The van der Waals surface area contributed by atoms with Gasteiger partial charge in [-0.15, -0.1) is 0 Å².